The SMILES string of the molecule is CN1CCC(NC(=O)c2ccc(NS(=O)(=O)c3cccc([N+](=O)[O-])c3)cc2)CC1. The Labute approximate surface area is 168 Å². The molecule has 29 heavy (non-hydrogen) atoms. The van der Waals surface area contributed by atoms with Crippen molar-refractivity contribution in [2.24, 2.45) is 0 Å². The van der Waals surface area contributed by atoms with Gasteiger partial charge in [0.15, 0.2) is 0 Å². The molecule has 0 radical (unpaired) electrons. The molecule has 1 aliphatic rings. The quantitative estimate of drug-likeness (QED) is 0.548. The smallest absolute Gasteiger partial charge is 0.270 e. The highest BCUT2D eigenvalue weighted by atomic mass is 32.2. The first kappa shape index (κ1) is 20.7. The minimum atomic E-state index is -3.99. The summed E-state index contributed by atoms with van der Waals surface area (Å²) in [6, 6.07) is 11.0. The lowest BCUT2D eigenvalue weighted by Crippen LogP contribution is -2.43. The molecule has 10 heteroatoms. The Hall–Kier alpha value is -2.98. The number of nitrogens with zero attached hydrogens (tertiary/aromatic N) is 2. The van der Waals surface area contributed by atoms with Crippen LogP contribution in [0.25, 0.3) is 0 Å². The number of non-ortho nitro benzene ring substituents is 1. The van der Waals surface area contributed by atoms with Crippen LogP contribution in [0.5, 0.6) is 0 Å². The topological polar surface area (TPSA) is 122 Å². The van der Waals surface area contributed by atoms with E-state index in [4.69, 9.17) is 0 Å². The molecule has 2 aromatic rings. The van der Waals surface area contributed by atoms with Crippen LogP contribution in [0.4, 0.5) is 11.4 Å². The second kappa shape index (κ2) is 8.58. The molecule has 0 atom stereocenters. The van der Waals surface area contributed by atoms with Crippen LogP contribution in [-0.2, 0) is 10.0 Å². The molecule has 1 aliphatic heterocycles. The molecular weight excluding hydrogens is 396 g/mol. The van der Waals surface area contributed by atoms with Crippen LogP contribution in [0.15, 0.2) is 53.4 Å². The molecule has 3 rings (SSSR count). The number of hydrogen-bond donors (Lipinski definition) is 2. The average molecular weight is 418 g/mol. The molecule has 0 aliphatic carbocycles. The summed E-state index contributed by atoms with van der Waals surface area (Å²) in [6.45, 7) is 1.87. The van der Waals surface area contributed by atoms with Crippen molar-refractivity contribution < 1.29 is 18.1 Å². The van der Waals surface area contributed by atoms with Crippen LogP contribution in [-0.4, -0.2) is 50.3 Å². The first-order valence-electron chi connectivity index (χ1n) is 9.11. The first-order valence-corrected chi connectivity index (χ1v) is 10.6. The van der Waals surface area contributed by atoms with Gasteiger partial charge >= 0.3 is 0 Å². The van der Waals surface area contributed by atoms with Gasteiger partial charge in [0, 0.05) is 29.4 Å². The number of likely N-dealkylation sites (tertiary alicyclic amines) is 1. The molecule has 1 saturated heterocycles. The van der Waals surface area contributed by atoms with E-state index in [1.807, 2.05) is 7.05 Å². The molecule has 154 valence electrons. The zero-order chi connectivity index (χ0) is 21.0. The Morgan fingerprint density at radius 2 is 1.79 bits per heavy atom. The fraction of sp³-hybridized carbons (Fsp3) is 0.316. The highest BCUT2D eigenvalue weighted by Gasteiger charge is 2.20. The van der Waals surface area contributed by atoms with Gasteiger partial charge in [0.05, 0.1) is 9.82 Å². The number of amides is 1. The Kier molecular flexibility index (Phi) is 6.14. The van der Waals surface area contributed by atoms with E-state index in [0.29, 0.717) is 5.56 Å². The Morgan fingerprint density at radius 3 is 2.41 bits per heavy atom. The van der Waals surface area contributed by atoms with E-state index >= 15 is 0 Å². The molecular formula is C19H22N4O5S. The second-order valence-electron chi connectivity index (χ2n) is 6.99. The Balaban J connectivity index is 1.66. The maximum Gasteiger partial charge on any atom is 0.270 e. The number of sulfonamides is 1. The number of carbonyl (C=O) groups is 1. The van der Waals surface area contributed by atoms with E-state index in [0.717, 1.165) is 32.0 Å². The third kappa shape index (κ3) is 5.30. The molecule has 2 N–H and O–H groups in total. The normalized spacial score (nSPS) is 15.6. The van der Waals surface area contributed by atoms with Gasteiger partial charge in [0.2, 0.25) is 0 Å². The summed E-state index contributed by atoms with van der Waals surface area (Å²) < 4.78 is 27.3. The molecule has 0 saturated carbocycles. The van der Waals surface area contributed by atoms with Crippen molar-refractivity contribution in [2.75, 3.05) is 24.9 Å². The third-order valence-electron chi connectivity index (χ3n) is 4.79. The fourth-order valence-electron chi connectivity index (χ4n) is 3.09. The number of nitrogens with one attached hydrogen (secondary N) is 2. The number of hydrogen-bond acceptors (Lipinski definition) is 6. The lowest BCUT2D eigenvalue weighted by atomic mass is 10.0. The van der Waals surface area contributed by atoms with Gasteiger partial charge in [-0.05, 0) is 63.3 Å². The van der Waals surface area contributed by atoms with Crippen molar-refractivity contribution in [3.8, 4) is 0 Å². The van der Waals surface area contributed by atoms with Gasteiger partial charge in [-0.1, -0.05) is 6.07 Å². The lowest BCUT2D eigenvalue weighted by Gasteiger charge is -2.29. The number of carbonyl (C=O) groups excluding carboxylic acids is 1. The number of benzene rings is 2. The van der Waals surface area contributed by atoms with E-state index < -0.39 is 14.9 Å². The molecule has 0 aromatic heterocycles. The summed E-state index contributed by atoms with van der Waals surface area (Å²) in [7, 11) is -1.94. The summed E-state index contributed by atoms with van der Waals surface area (Å²) in [6.07, 6.45) is 1.78. The van der Waals surface area contributed by atoms with Crippen LogP contribution in [0.3, 0.4) is 0 Å². The van der Waals surface area contributed by atoms with E-state index in [1.54, 1.807) is 0 Å². The van der Waals surface area contributed by atoms with E-state index in [-0.39, 0.29) is 28.2 Å². The largest absolute Gasteiger partial charge is 0.349 e. The lowest BCUT2D eigenvalue weighted by molar-refractivity contribution is -0.385. The monoisotopic (exact) mass is 418 g/mol. The molecule has 2 aromatic carbocycles. The van der Waals surface area contributed by atoms with Crippen molar-refractivity contribution in [3.63, 3.8) is 0 Å². The first-order chi connectivity index (χ1) is 13.7. The highest BCUT2D eigenvalue weighted by Crippen LogP contribution is 2.21. The summed E-state index contributed by atoms with van der Waals surface area (Å²) in [5.41, 5.74) is 0.378. The van der Waals surface area contributed by atoms with Crippen molar-refractivity contribution >= 4 is 27.3 Å². The summed E-state index contributed by atoms with van der Waals surface area (Å²) in [4.78, 5) is 24.6. The number of rotatable bonds is 6. The minimum Gasteiger partial charge on any atom is -0.349 e. The predicted octanol–water partition coefficient (Wildman–Crippen LogP) is 2.22. The van der Waals surface area contributed by atoms with Gasteiger partial charge in [-0.2, -0.15) is 0 Å². The van der Waals surface area contributed by atoms with E-state index in [1.165, 1.54) is 42.5 Å². The zero-order valence-corrected chi connectivity index (χ0v) is 16.7. The van der Waals surface area contributed by atoms with Gasteiger partial charge in [-0.3, -0.25) is 19.6 Å². The molecule has 1 amide bonds. The standard InChI is InChI=1S/C19H22N4O5S/c1-22-11-9-15(10-12-22)20-19(24)14-5-7-16(8-6-14)21-29(27,28)18-4-2-3-17(13-18)23(25)26/h2-8,13,15,21H,9-12H2,1H3,(H,20,24). The van der Waals surface area contributed by atoms with Crippen LogP contribution < -0.4 is 10.0 Å². The van der Waals surface area contributed by atoms with Gasteiger partial charge in [-0.25, -0.2) is 8.42 Å². The summed E-state index contributed by atoms with van der Waals surface area (Å²) in [5.74, 6) is -0.201. The molecule has 1 heterocycles. The second-order valence-corrected chi connectivity index (χ2v) is 8.67. The Morgan fingerprint density at radius 1 is 1.14 bits per heavy atom. The van der Waals surface area contributed by atoms with Crippen LogP contribution in [0.1, 0.15) is 23.2 Å². The third-order valence-corrected chi connectivity index (χ3v) is 6.17. The van der Waals surface area contributed by atoms with Crippen LogP contribution in [0, 0.1) is 10.1 Å². The van der Waals surface area contributed by atoms with Crippen molar-refractivity contribution in [3.05, 3.63) is 64.2 Å². The fourth-order valence-corrected chi connectivity index (χ4v) is 4.19. The minimum absolute atomic E-state index is 0.130. The van der Waals surface area contributed by atoms with Crippen LogP contribution >= 0.6 is 0 Å². The molecule has 1 fully saturated rings. The van der Waals surface area contributed by atoms with Gasteiger partial charge in [0.25, 0.3) is 21.6 Å². The number of piperidine rings is 1. The number of nitro groups is 1. The van der Waals surface area contributed by atoms with E-state index in [2.05, 4.69) is 14.9 Å². The molecule has 9 nitrogen and oxygen atoms in total. The predicted molar refractivity (Wildman–Crippen MR) is 108 cm³/mol. The van der Waals surface area contributed by atoms with Crippen molar-refractivity contribution in [1.82, 2.24) is 10.2 Å². The molecule has 0 bridgehead atoms. The molecule has 0 spiro atoms. The maximum atomic E-state index is 12.5. The number of anilines is 1. The van der Waals surface area contributed by atoms with Gasteiger partial charge in [-0.15, -0.1) is 0 Å². The maximum absolute atomic E-state index is 12.5. The van der Waals surface area contributed by atoms with Gasteiger partial charge in [0.1, 0.15) is 0 Å². The zero-order valence-electron chi connectivity index (χ0n) is 15.9. The van der Waals surface area contributed by atoms with E-state index in [9.17, 15) is 23.3 Å². The van der Waals surface area contributed by atoms with Crippen LogP contribution in [0.2, 0.25) is 0 Å². The molecule has 0 unspecified atom stereocenters. The Bertz CT molecular complexity index is 1000. The van der Waals surface area contributed by atoms with Gasteiger partial charge < -0.3 is 10.2 Å². The average Bonchev–Trinajstić information content (AvgIpc) is 2.70. The van der Waals surface area contributed by atoms with Crippen molar-refractivity contribution in [1.29, 1.82) is 0 Å². The highest BCUT2D eigenvalue weighted by molar-refractivity contribution is 7.92. The summed E-state index contributed by atoms with van der Waals surface area (Å²) in [5, 5.41) is 13.8. The number of nitro benzene ring substituents is 1. The summed E-state index contributed by atoms with van der Waals surface area (Å²) >= 11 is 0. The van der Waals surface area contributed by atoms with Crippen molar-refractivity contribution in [2.45, 2.75) is 23.8 Å².